The van der Waals surface area contributed by atoms with Crippen LogP contribution in [0.15, 0.2) is 11.1 Å². The molecule has 12 nitrogen and oxygen atoms in total. The molecule has 0 spiro atoms. The van der Waals surface area contributed by atoms with Gasteiger partial charge in [0.1, 0.15) is 18.8 Å². The number of fused-ring (bicyclic) bond motifs is 1. The Kier molecular flexibility index (Phi) is 14.9. The van der Waals surface area contributed by atoms with E-state index < -0.39 is 62.4 Å². The Morgan fingerprint density at radius 2 is 1.30 bits per heavy atom. The fourth-order valence-corrected chi connectivity index (χ4v) is 47.0. The molecule has 3 heterocycles. The van der Waals surface area contributed by atoms with Gasteiger partial charge in [0.15, 0.2) is 23.5 Å². The lowest BCUT2D eigenvalue weighted by Crippen LogP contribution is -2.62. The summed E-state index contributed by atoms with van der Waals surface area (Å²) in [4.78, 5) is 37.7. The number of hydrogen-bond donors (Lipinski definition) is 3. The van der Waals surface area contributed by atoms with E-state index in [2.05, 4.69) is 126 Å². The first-order valence-corrected chi connectivity index (χ1v) is 29.3. The van der Waals surface area contributed by atoms with E-state index in [1.54, 1.807) is 0 Å². The second kappa shape index (κ2) is 17.3. The Morgan fingerprint density at radius 1 is 0.840 bits per heavy atom. The number of aromatic amines is 1. The summed E-state index contributed by atoms with van der Waals surface area (Å²) < 4.78 is 21.3. The number of aliphatic hydroxyl groups is 1. The zero-order valence-electron chi connectivity index (χ0n) is 33.7. The van der Waals surface area contributed by atoms with Crippen LogP contribution in [0, 0.1) is 0 Å². The molecule has 0 aromatic carbocycles. The van der Waals surface area contributed by atoms with E-state index >= 15 is 0 Å². The third-order valence-electron chi connectivity index (χ3n) is 11.3. The molecule has 1 fully saturated rings. The van der Waals surface area contributed by atoms with E-state index in [9.17, 15) is 9.90 Å². The normalized spacial score (nSPS) is 21.2. The van der Waals surface area contributed by atoms with Gasteiger partial charge in [-0.2, -0.15) is 4.98 Å². The van der Waals surface area contributed by atoms with Gasteiger partial charge < -0.3 is 20.6 Å². The average molecular weight is 772 g/mol. The largest absolute Gasteiger partial charge is 0.385 e. The van der Waals surface area contributed by atoms with Crippen molar-refractivity contribution in [3.05, 3.63) is 16.7 Å². The number of H-pyrrole nitrogens is 1. The molecule has 0 aliphatic carbocycles. The highest BCUT2D eigenvalue weighted by Gasteiger charge is 2.57. The highest BCUT2D eigenvalue weighted by atomic mass is 29.2. The molecule has 0 unspecified atom stereocenters. The highest BCUT2D eigenvalue weighted by Crippen LogP contribution is 2.46. The molecule has 2 aromatic rings. The summed E-state index contributed by atoms with van der Waals surface area (Å²) in [7, 11) is -7.94. The molecular formula is C34H69N5O7Si4. The van der Waals surface area contributed by atoms with Crippen molar-refractivity contribution >= 4 is 49.4 Å². The van der Waals surface area contributed by atoms with E-state index in [4.69, 9.17) is 29.4 Å². The van der Waals surface area contributed by atoms with Crippen molar-refractivity contribution in [2.45, 2.75) is 180 Å². The minimum atomic E-state index is -2.54. The summed E-state index contributed by atoms with van der Waals surface area (Å²) >= 11 is 0. The Morgan fingerprint density at radius 3 is 1.74 bits per heavy atom. The van der Waals surface area contributed by atoms with Gasteiger partial charge in [0.25, 0.3) is 5.56 Å². The molecule has 1 aliphatic rings. The molecule has 0 saturated carbocycles. The van der Waals surface area contributed by atoms with Gasteiger partial charge in [-0.3, -0.25) is 13.9 Å². The van der Waals surface area contributed by atoms with Gasteiger partial charge >= 0.3 is 0 Å². The molecule has 0 radical (unpaired) electrons. The number of imidazole rings is 1. The molecule has 2 aromatic heterocycles. The first-order chi connectivity index (χ1) is 23.2. The van der Waals surface area contributed by atoms with Gasteiger partial charge in [-0.05, 0) is 22.2 Å². The van der Waals surface area contributed by atoms with Crippen LogP contribution in [-0.2, 0) is 23.7 Å². The standard InChI is InChI=1S/C34H69N5O7Si4/c1-19(2)47(20(3)4)49(23(9)10,24(11)12)45-42-17-27-30(44-46-50(25(13)14,26(15)16)48(21(5)6)22(7)8)29(40)33(43-27)39-32(41)28-31(37-18-36-28)38-34(39)35/h18-27,29-30,33,40,47-48H,17H2,1-16H3,(H2,35,38)(H,36,37)/t27-,29+,30-,33-/m1/s1. The zero-order chi connectivity index (χ0) is 38.0. The van der Waals surface area contributed by atoms with Crippen molar-refractivity contribution in [3.63, 3.8) is 0 Å². The van der Waals surface area contributed by atoms with Gasteiger partial charge in [0.05, 0.1) is 23.0 Å². The fraction of sp³-hybridized carbons (Fsp3) is 0.853. The van der Waals surface area contributed by atoms with E-state index in [-0.39, 0.29) is 34.8 Å². The fourth-order valence-electron chi connectivity index (χ4n) is 9.68. The van der Waals surface area contributed by atoms with E-state index in [0.717, 1.165) is 0 Å². The summed E-state index contributed by atoms with van der Waals surface area (Å²) in [6.07, 6.45) is -2.94. The average Bonchev–Trinajstić information content (AvgIpc) is 3.57. The summed E-state index contributed by atoms with van der Waals surface area (Å²) in [5.41, 5.74) is 9.49. The van der Waals surface area contributed by atoms with Gasteiger partial charge in [0, 0.05) is 0 Å². The van der Waals surface area contributed by atoms with Crippen molar-refractivity contribution in [1.29, 1.82) is 0 Å². The van der Waals surface area contributed by atoms with Crippen LogP contribution in [0.5, 0.6) is 0 Å². The first-order valence-electron chi connectivity index (χ1n) is 18.9. The first kappa shape index (κ1) is 43.2. The molecule has 16 heteroatoms. The monoisotopic (exact) mass is 771 g/mol. The maximum Gasteiger partial charge on any atom is 0.283 e. The quantitative estimate of drug-likeness (QED) is 0.0819. The number of hydrogen-bond acceptors (Lipinski definition) is 10. The SMILES string of the molecule is CC(C)[SiH](C(C)C)[Si](OOC[C@H]1O[C@@H](n2c(N)nc3nc[nH]c3c2=O)[C@@H](O)[C@@H]1OO[Si](C(C)C)(C(C)C)[SiH](C(C)C)C(C)C)(C(C)C)C(C)C. The number of nitrogen functional groups attached to an aromatic ring is 1. The molecule has 0 bridgehead atoms. The van der Waals surface area contributed by atoms with Crippen molar-refractivity contribution in [2.24, 2.45) is 0 Å². The predicted molar refractivity (Wildman–Crippen MR) is 212 cm³/mol. The maximum atomic E-state index is 13.7. The number of nitrogens with zero attached hydrogens (tertiary/aromatic N) is 3. The Balaban J connectivity index is 2.07. The molecule has 4 atom stereocenters. The summed E-state index contributed by atoms with van der Waals surface area (Å²) in [5, 5.41) is 12.0. The number of aliphatic hydroxyl groups excluding tert-OH is 1. The minimum absolute atomic E-state index is 0.0192. The van der Waals surface area contributed by atoms with Crippen LogP contribution in [0.3, 0.4) is 0 Å². The molecule has 1 aliphatic heterocycles. The molecule has 1 saturated heterocycles. The third kappa shape index (κ3) is 8.13. The van der Waals surface area contributed by atoms with Gasteiger partial charge in [-0.1, -0.05) is 133 Å². The summed E-state index contributed by atoms with van der Waals surface area (Å²) in [6, 6.07) is 0. The lowest BCUT2D eigenvalue weighted by Gasteiger charge is -2.46. The molecule has 50 heavy (non-hydrogen) atoms. The van der Waals surface area contributed by atoms with Crippen LogP contribution in [0.1, 0.15) is 117 Å². The van der Waals surface area contributed by atoms with E-state index in [1.165, 1.54) is 10.9 Å². The van der Waals surface area contributed by atoms with Gasteiger partial charge in [-0.25, -0.2) is 19.3 Å². The van der Waals surface area contributed by atoms with Gasteiger partial charge in [0.2, 0.25) is 21.6 Å². The molecule has 0 amide bonds. The lowest BCUT2D eigenvalue weighted by molar-refractivity contribution is -0.296. The molecule has 288 valence electrons. The zero-order valence-corrected chi connectivity index (χ0v) is 38.0. The summed E-state index contributed by atoms with van der Waals surface area (Å²) in [5.74, 6) is -0.120. The van der Waals surface area contributed by atoms with Crippen molar-refractivity contribution in [1.82, 2.24) is 19.5 Å². The number of nitrogens with two attached hydrogens (primary N) is 1. The smallest absolute Gasteiger partial charge is 0.283 e. The summed E-state index contributed by atoms with van der Waals surface area (Å²) in [6.45, 7) is 36.6. The van der Waals surface area contributed by atoms with E-state index in [0.29, 0.717) is 33.2 Å². The third-order valence-corrected chi connectivity index (χ3v) is 50.0. The van der Waals surface area contributed by atoms with Crippen LogP contribution < -0.4 is 11.3 Å². The predicted octanol–water partition coefficient (Wildman–Crippen LogP) is 7.01. The van der Waals surface area contributed by atoms with Crippen LogP contribution >= 0.6 is 0 Å². The van der Waals surface area contributed by atoms with Crippen molar-refractivity contribution < 1.29 is 28.8 Å². The topological polar surface area (TPSA) is 156 Å². The highest BCUT2D eigenvalue weighted by molar-refractivity contribution is 7.32. The van der Waals surface area contributed by atoms with Gasteiger partial charge in [-0.15, -0.1) is 0 Å². The maximum absolute atomic E-state index is 13.7. The number of rotatable bonds is 18. The van der Waals surface area contributed by atoms with Crippen LogP contribution in [0.25, 0.3) is 11.2 Å². The van der Waals surface area contributed by atoms with Crippen molar-refractivity contribution in [2.75, 3.05) is 12.3 Å². The molecule has 3 rings (SSSR count). The number of ether oxygens (including phenoxy) is 1. The van der Waals surface area contributed by atoms with Crippen molar-refractivity contribution in [3.8, 4) is 0 Å². The Hall–Kier alpha value is -1.22. The molecular weight excluding hydrogens is 703 g/mol. The second-order valence-electron chi connectivity index (χ2n) is 17.2. The number of nitrogens with one attached hydrogen (secondary N) is 1. The lowest BCUT2D eigenvalue weighted by atomic mass is 10.1. The van der Waals surface area contributed by atoms with E-state index in [1.807, 2.05) is 0 Å². The molecule has 4 N–H and O–H groups in total. The van der Waals surface area contributed by atoms with Crippen LogP contribution in [0.2, 0.25) is 44.3 Å². The second-order valence-corrected chi connectivity index (χ2v) is 42.4. The minimum Gasteiger partial charge on any atom is -0.385 e. The number of aromatic nitrogens is 4. The Bertz CT molecular complexity index is 1400. The van der Waals surface area contributed by atoms with Crippen LogP contribution in [-0.4, -0.2) is 81.8 Å². The Labute approximate surface area is 305 Å². The van der Waals surface area contributed by atoms with Crippen LogP contribution in [0.4, 0.5) is 5.95 Å². The number of anilines is 1.